The summed E-state index contributed by atoms with van der Waals surface area (Å²) in [6, 6.07) is 13.3. The number of nitrogens with zero attached hydrogens (tertiary/aromatic N) is 4. The lowest BCUT2D eigenvalue weighted by Gasteiger charge is -2.17. The molecule has 2 aromatic heterocycles. The van der Waals surface area contributed by atoms with E-state index in [-0.39, 0.29) is 17.7 Å². The molecule has 3 heterocycles. The minimum atomic E-state index is -0.202. The molecule has 1 fully saturated rings. The molecule has 1 saturated heterocycles. The molecule has 3 aromatic rings. The van der Waals surface area contributed by atoms with E-state index in [0.717, 1.165) is 28.3 Å². The van der Waals surface area contributed by atoms with Gasteiger partial charge >= 0.3 is 0 Å². The van der Waals surface area contributed by atoms with Gasteiger partial charge in [0, 0.05) is 30.5 Å². The number of carbonyl (C=O) groups is 2. The molecule has 2 amide bonds. The quantitative estimate of drug-likeness (QED) is 0.692. The highest BCUT2D eigenvalue weighted by Crippen LogP contribution is 2.21. The Kier molecular flexibility index (Phi) is 5.84. The van der Waals surface area contributed by atoms with E-state index < -0.39 is 0 Å². The van der Waals surface area contributed by atoms with Crippen molar-refractivity contribution in [1.82, 2.24) is 25.0 Å². The zero-order valence-electron chi connectivity index (χ0n) is 18.1. The fourth-order valence-electron chi connectivity index (χ4n) is 4.02. The van der Waals surface area contributed by atoms with Crippen LogP contribution >= 0.6 is 0 Å². The molecule has 4 rings (SSSR count). The number of hydrogen-bond donors (Lipinski definition) is 1. The molecule has 1 unspecified atom stereocenters. The van der Waals surface area contributed by atoms with Crippen molar-refractivity contribution >= 4 is 11.8 Å². The Morgan fingerprint density at radius 2 is 1.97 bits per heavy atom. The van der Waals surface area contributed by atoms with Crippen molar-refractivity contribution in [2.45, 2.75) is 33.7 Å². The van der Waals surface area contributed by atoms with Crippen LogP contribution in [0.3, 0.4) is 0 Å². The highest BCUT2D eigenvalue weighted by atomic mass is 16.2. The number of aryl methyl sites for hydroxylation is 3. The van der Waals surface area contributed by atoms with Crippen molar-refractivity contribution in [3.63, 3.8) is 0 Å². The first-order valence-electron chi connectivity index (χ1n) is 10.5. The summed E-state index contributed by atoms with van der Waals surface area (Å²) < 4.78 is 1.84. The van der Waals surface area contributed by atoms with E-state index in [4.69, 9.17) is 0 Å². The minimum absolute atomic E-state index is 0.0308. The van der Waals surface area contributed by atoms with Crippen LogP contribution in [0.1, 0.15) is 39.4 Å². The maximum Gasteiger partial charge on any atom is 0.253 e. The van der Waals surface area contributed by atoms with Crippen LogP contribution < -0.4 is 5.32 Å². The van der Waals surface area contributed by atoms with Gasteiger partial charge in [0.1, 0.15) is 0 Å². The minimum Gasteiger partial charge on any atom is -0.350 e. The summed E-state index contributed by atoms with van der Waals surface area (Å²) in [5.74, 6) is -0.289. The molecule has 31 heavy (non-hydrogen) atoms. The number of hydrogen-bond acceptors (Lipinski definition) is 4. The fourth-order valence-corrected chi connectivity index (χ4v) is 4.02. The first-order valence-corrected chi connectivity index (χ1v) is 10.5. The van der Waals surface area contributed by atoms with Crippen LogP contribution in [0, 0.1) is 26.7 Å². The molecule has 0 aliphatic carbocycles. The molecule has 1 aromatic carbocycles. The van der Waals surface area contributed by atoms with Crippen molar-refractivity contribution in [3.05, 3.63) is 76.9 Å². The lowest BCUT2D eigenvalue weighted by molar-refractivity contribution is -0.124. The standard InChI is InChI=1S/C24H27N5O2/c1-16-6-5-10-25-22(16)14-26-23(30)20-9-11-28(15-20)24(31)19-7-4-8-21(13-19)29-18(3)12-17(2)27-29/h4-8,10,12-13,20H,9,11,14-15H2,1-3H3,(H,26,30). The van der Waals surface area contributed by atoms with Crippen molar-refractivity contribution in [1.29, 1.82) is 0 Å². The number of nitrogens with one attached hydrogen (secondary N) is 1. The van der Waals surface area contributed by atoms with Gasteiger partial charge in [0.05, 0.1) is 29.5 Å². The summed E-state index contributed by atoms with van der Waals surface area (Å²) >= 11 is 0. The molecule has 1 N–H and O–H groups in total. The second kappa shape index (κ2) is 8.71. The molecule has 0 spiro atoms. The monoisotopic (exact) mass is 417 g/mol. The third-order valence-electron chi connectivity index (χ3n) is 5.74. The van der Waals surface area contributed by atoms with Gasteiger partial charge in [-0.2, -0.15) is 5.10 Å². The normalized spacial score (nSPS) is 15.8. The number of amides is 2. The van der Waals surface area contributed by atoms with Gasteiger partial charge in [-0.15, -0.1) is 0 Å². The van der Waals surface area contributed by atoms with E-state index in [1.807, 2.05) is 67.9 Å². The molecule has 7 nitrogen and oxygen atoms in total. The molecule has 1 aliphatic rings. The summed E-state index contributed by atoms with van der Waals surface area (Å²) in [4.78, 5) is 31.8. The number of likely N-dealkylation sites (tertiary alicyclic amines) is 1. The fraction of sp³-hybridized carbons (Fsp3) is 0.333. The summed E-state index contributed by atoms with van der Waals surface area (Å²) in [6.07, 6.45) is 2.39. The van der Waals surface area contributed by atoms with Crippen LogP contribution in [-0.2, 0) is 11.3 Å². The smallest absolute Gasteiger partial charge is 0.253 e. The number of carbonyl (C=O) groups excluding carboxylic acids is 2. The number of benzene rings is 1. The Labute approximate surface area is 182 Å². The first kappa shape index (κ1) is 20.8. The second-order valence-corrected chi connectivity index (χ2v) is 8.11. The van der Waals surface area contributed by atoms with Crippen molar-refractivity contribution in [2.24, 2.45) is 5.92 Å². The predicted octanol–water partition coefficient (Wildman–Crippen LogP) is 2.97. The summed E-state index contributed by atoms with van der Waals surface area (Å²) in [5, 5.41) is 7.47. The van der Waals surface area contributed by atoms with Crippen molar-refractivity contribution in [2.75, 3.05) is 13.1 Å². The van der Waals surface area contributed by atoms with Gasteiger partial charge in [0.15, 0.2) is 0 Å². The third kappa shape index (κ3) is 4.50. The zero-order valence-corrected chi connectivity index (χ0v) is 18.1. The van der Waals surface area contributed by atoms with Gasteiger partial charge in [-0.3, -0.25) is 14.6 Å². The number of aromatic nitrogens is 3. The van der Waals surface area contributed by atoms with E-state index >= 15 is 0 Å². The molecule has 1 atom stereocenters. The largest absolute Gasteiger partial charge is 0.350 e. The molecule has 7 heteroatoms. The Balaban J connectivity index is 1.39. The van der Waals surface area contributed by atoms with Crippen LogP contribution in [0.2, 0.25) is 0 Å². The Morgan fingerprint density at radius 1 is 1.13 bits per heavy atom. The molecular weight excluding hydrogens is 390 g/mol. The van der Waals surface area contributed by atoms with Gasteiger partial charge in [-0.25, -0.2) is 4.68 Å². The molecule has 0 bridgehead atoms. The Hall–Kier alpha value is -3.48. The molecule has 160 valence electrons. The number of rotatable bonds is 5. The van der Waals surface area contributed by atoms with Gasteiger partial charge < -0.3 is 10.2 Å². The van der Waals surface area contributed by atoms with Crippen molar-refractivity contribution in [3.8, 4) is 5.69 Å². The second-order valence-electron chi connectivity index (χ2n) is 8.11. The maximum absolute atomic E-state index is 13.1. The molecular formula is C24H27N5O2. The highest BCUT2D eigenvalue weighted by Gasteiger charge is 2.31. The Morgan fingerprint density at radius 3 is 2.71 bits per heavy atom. The van der Waals surface area contributed by atoms with Gasteiger partial charge in [0.2, 0.25) is 5.91 Å². The van der Waals surface area contributed by atoms with E-state index in [0.29, 0.717) is 31.6 Å². The average Bonchev–Trinajstić information content (AvgIpc) is 3.39. The van der Waals surface area contributed by atoms with Crippen LogP contribution in [-0.4, -0.2) is 44.6 Å². The van der Waals surface area contributed by atoms with E-state index in [1.165, 1.54) is 0 Å². The maximum atomic E-state index is 13.1. The van der Waals surface area contributed by atoms with Gasteiger partial charge in [0.25, 0.3) is 5.91 Å². The van der Waals surface area contributed by atoms with Crippen LogP contribution in [0.25, 0.3) is 5.69 Å². The van der Waals surface area contributed by atoms with Crippen LogP contribution in [0.4, 0.5) is 0 Å². The SMILES string of the molecule is Cc1cc(C)n(-c2cccc(C(=O)N3CCC(C(=O)NCc4ncccc4C)C3)c2)n1. The predicted molar refractivity (Wildman–Crippen MR) is 118 cm³/mol. The third-order valence-corrected chi connectivity index (χ3v) is 5.74. The number of pyridine rings is 1. The van der Waals surface area contributed by atoms with E-state index in [9.17, 15) is 9.59 Å². The molecule has 0 saturated carbocycles. The summed E-state index contributed by atoms with van der Waals surface area (Å²) in [7, 11) is 0. The first-order chi connectivity index (χ1) is 14.9. The van der Waals surface area contributed by atoms with Crippen molar-refractivity contribution < 1.29 is 9.59 Å². The lowest BCUT2D eigenvalue weighted by atomic mass is 10.1. The highest BCUT2D eigenvalue weighted by molar-refractivity contribution is 5.95. The zero-order chi connectivity index (χ0) is 22.0. The van der Waals surface area contributed by atoms with E-state index in [2.05, 4.69) is 15.4 Å². The van der Waals surface area contributed by atoms with Crippen LogP contribution in [0.15, 0.2) is 48.7 Å². The topological polar surface area (TPSA) is 80.1 Å². The summed E-state index contributed by atoms with van der Waals surface area (Å²) in [5.41, 5.74) is 5.33. The average molecular weight is 418 g/mol. The van der Waals surface area contributed by atoms with E-state index in [1.54, 1.807) is 11.1 Å². The lowest BCUT2D eigenvalue weighted by Crippen LogP contribution is -2.34. The van der Waals surface area contributed by atoms with Gasteiger partial charge in [-0.05, 0) is 63.1 Å². The van der Waals surface area contributed by atoms with Gasteiger partial charge in [-0.1, -0.05) is 12.1 Å². The summed E-state index contributed by atoms with van der Waals surface area (Å²) in [6.45, 7) is 7.32. The molecule has 1 aliphatic heterocycles. The Bertz CT molecular complexity index is 1120. The van der Waals surface area contributed by atoms with Crippen LogP contribution in [0.5, 0.6) is 0 Å². The molecule has 0 radical (unpaired) electrons.